The highest BCUT2D eigenvalue weighted by Crippen LogP contribution is 2.23. The summed E-state index contributed by atoms with van der Waals surface area (Å²) in [7, 11) is 0. The summed E-state index contributed by atoms with van der Waals surface area (Å²) in [6.07, 6.45) is 1.40. The van der Waals surface area contributed by atoms with E-state index in [0.717, 1.165) is 0 Å². The number of nitrogens with one attached hydrogen (secondary N) is 1. The average Bonchev–Trinajstić information content (AvgIpc) is 2.41. The van der Waals surface area contributed by atoms with Crippen LogP contribution in [0.4, 0.5) is 11.5 Å². The van der Waals surface area contributed by atoms with Crippen LogP contribution in [0.3, 0.4) is 0 Å². The fourth-order valence-corrected chi connectivity index (χ4v) is 1.33. The topological polar surface area (TPSA) is 77.2 Å². The maximum atomic E-state index is 11.4. The van der Waals surface area contributed by atoms with Crippen LogP contribution in [-0.4, -0.2) is 10.9 Å². The lowest BCUT2D eigenvalue weighted by atomic mass is 10.3. The first-order valence-electron chi connectivity index (χ1n) is 6.65. The number of anilines is 2. The smallest absolute Gasteiger partial charge is 0.222 e. The summed E-state index contributed by atoms with van der Waals surface area (Å²) in [5, 5.41) is 2.20. The van der Waals surface area contributed by atoms with Gasteiger partial charge in [-0.2, -0.15) is 0 Å². The van der Waals surface area contributed by atoms with Crippen LogP contribution in [0.25, 0.3) is 0 Å². The number of pyridine rings is 1. The quantitative estimate of drug-likeness (QED) is 0.815. The first kappa shape index (κ1) is 8.52. The zero-order valence-corrected chi connectivity index (χ0v) is 9.38. The second-order valence-electron chi connectivity index (χ2n) is 3.50. The SMILES string of the molecule is [2H]C([2H])([2H])C(=O)Nc1cc(Oc2ccc(N)cc2)ccn1. The Kier molecular flexibility index (Phi) is 2.45. The van der Waals surface area contributed by atoms with Crippen molar-refractivity contribution in [2.24, 2.45) is 0 Å². The molecular formula is C13H13N3O2. The van der Waals surface area contributed by atoms with Crippen LogP contribution in [0.1, 0.15) is 11.0 Å². The molecule has 5 heteroatoms. The first-order valence-corrected chi connectivity index (χ1v) is 5.15. The van der Waals surface area contributed by atoms with Crippen molar-refractivity contribution >= 4 is 17.4 Å². The van der Waals surface area contributed by atoms with Crippen molar-refractivity contribution in [3.8, 4) is 11.5 Å². The zero-order valence-electron chi connectivity index (χ0n) is 12.4. The summed E-state index contributed by atoms with van der Waals surface area (Å²) in [5.41, 5.74) is 6.19. The third-order valence-corrected chi connectivity index (χ3v) is 2.09. The van der Waals surface area contributed by atoms with Gasteiger partial charge >= 0.3 is 0 Å². The summed E-state index contributed by atoms with van der Waals surface area (Å²) in [5.74, 6) is -0.0252. The summed E-state index contributed by atoms with van der Waals surface area (Å²) in [6.45, 7) is -2.73. The molecule has 0 aliphatic rings. The van der Waals surface area contributed by atoms with E-state index in [1.165, 1.54) is 12.3 Å². The highest BCUT2D eigenvalue weighted by Gasteiger charge is 2.01. The number of nitrogen functional groups attached to an aromatic ring is 1. The molecule has 0 spiro atoms. The van der Waals surface area contributed by atoms with Crippen molar-refractivity contribution in [2.75, 3.05) is 11.1 Å². The van der Waals surface area contributed by atoms with Crippen molar-refractivity contribution in [1.29, 1.82) is 0 Å². The van der Waals surface area contributed by atoms with Crippen molar-refractivity contribution in [1.82, 2.24) is 4.98 Å². The molecule has 1 heterocycles. The number of hydrogen-bond acceptors (Lipinski definition) is 4. The van der Waals surface area contributed by atoms with Crippen molar-refractivity contribution < 1.29 is 13.6 Å². The van der Waals surface area contributed by atoms with Gasteiger partial charge in [0.05, 0.1) is 0 Å². The maximum absolute atomic E-state index is 11.4. The summed E-state index contributed by atoms with van der Waals surface area (Å²) >= 11 is 0. The van der Waals surface area contributed by atoms with Crippen LogP contribution >= 0.6 is 0 Å². The third kappa shape index (κ3) is 3.21. The Morgan fingerprint density at radius 2 is 2.11 bits per heavy atom. The molecule has 2 aromatic rings. The molecule has 3 N–H and O–H groups in total. The molecule has 1 aromatic carbocycles. The summed E-state index contributed by atoms with van der Waals surface area (Å²) in [4.78, 5) is 15.2. The monoisotopic (exact) mass is 246 g/mol. The fourth-order valence-electron chi connectivity index (χ4n) is 1.33. The van der Waals surface area contributed by atoms with E-state index in [9.17, 15) is 4.79 Å². The van der Waals surface area contributed by atoms with Crippen LogP contribution in [0, 0.1) is 0 Å². The standard InChI is InChI=1S/C13H13N3O2/c1-9(17)16-13-8-12(6-7-15-13)18-11-4-2-10(14)3-5-11/h2-8H,14H2,1H3,(H,15,16,17)/i1D3. The normalized spacial score (nSPS) is 13.0. The fraction of sp³-hybridized carbons (Fsp3) is 0.0769. The molecular weight excluding hydrogens is 230 g/mol. The van der Waals surface area contributed by atoms with Gasteiger partial charge in [0, 0.05) is 28.9 Å². The van der Waals surface area contributed by atoms with Gasteiger partial charge in [0.1, 0.15) is 17.3 Å². The minimum Gasteiger partial charge on any atom is -0.457 e. The van der Waals surface area contributed by atoms with Gasteiger partial charge < -0.3 is 15.8 Å². The van der Waals surface area contributed by atoms with Crippen LogP contribution < -0.4 is 15.8 Å². The molecule has 2 rings (SSSR count). The number of aromatic nitrogens is 1. The number of nitrogens with two attached hydrogens (primary N) is 1. The van der Waals surface area contributed by atoms with Crippen molar-refractivity contribution in [3.63, 3.8) is 0 Å². The number of benzene rings is 1. The summed E-state index contributed by atoms with van der Waals surface area (Å²) < 4.78 is 26.5. The van der Waals surface area contributed by atoms with Gasteiger partial charge in [0.2, 0.25) is 5.91 Å². The Balaban J connectivity index is 2.11. The first-order chi connectivity index (χ1) is 9.84. The number of nitrogens with zero attached hydrogens (tertiary/aromatic N) is 1. The van der Waals surface area contributed by atoms with Crippen LogP contribution in [0.5, 0.6) is 11.5 Å². The number of ether oxygens (including phenoxy) is 1. The molecule has 0 bridgehead atoms. The average molecular weight is 246 g/mol. The van der Waals surface area contributed by atoms with Crippen LogP contribution in [0.15, 0.2) is 42.6 Å². The molecule has 0 saturated carbocycles. The molecule has 5 nitrogen and oxygen atoms in total. The lowest BCUT2D eigenvalue weighted by Crippen LogP contribution is -2.07. The minimum absolute atomic E-state index is 0.101. The van der Waals surface area contributed by atoms with E-state index in [1.54, 1.807) is 30.3 Å². The largest absolute Gasteiger partial charge is 0.457 e. The van der Waals surface area contributed by atoms with Gasteiger partial charge in [0.15, 0.2) is 0 Å². The van der Waals surface area contributed by atoms with Gasteiger partial charge in [-0.25, -0.2) is 4.98 Å². The third-order valence-electron chi connectivity index (χ3n) is 2.09. The number of hydrogen-bond donors (Lipinski definition) is 2. The van der Waals surface area contributed by atoms with Crippen molar-refractivity contribution in [2.45, 2.75) is 6.85 Å². The van der Waals surface area contributed by atoms with E-state index in [1.807, 2.05) is 0 Å². The number of amides is 1. The maximum Gasteiger partial charge on any atom is 0.222 e. The predicted molar refractivity (Wildman–Crippen MR) is 69.5 cm³/mol. The van der Waals surface area contributed by atoms with Gasteiger partial charge in [-0.05, 0) is 30.3 Å². The molecule has 0 radical (unpaired) electrons. The van der Waals surface area contributed by atoms with Crippen LogP contribution in [-0.2, 0) is 4.79 Å². The molecule has 0 aliphatic carbocycles. The van der Waals surface area contributed by atoms with E-state index in [4.69, 9.17) is 14.6 Å². The van der Waals surface area contributed by atoms with Crippen molar-refractivity contribution in [3.05, 3.63) is 42.6 Å². The summed E-state index contributed by atoms with van der Waals surface area (Å²) in [6, 6.07) is 9.77. The number of rotatable bonds is 3. The van der Waals surface area contributed by atoms with Gasteiger partial charge in [-0.3, -0.25) is 4.79 Å². The molecule has 0 saturated heterocycles. The van der Waals surface area contributed by atoms with Gasteiger partial charge in [-0.15, -0.1) is 0 Å². The Labute approximate surface area is 109 Å². The van der Waals surface area contributed by atoms with E-state index in [2.05, 4.69) is 10.3 Å². The highest BCUT2D eigenvalue weighted by atomic mass is 16.5. The number of carbonyl (C=O) groups excluding carboxylic acids is 1. The van der Waals surface area contributed by atoms with E-state index < -0.39 is 12.8 Å². The van der Waals surface area contributed by atoms with E-state index >= 15 is 0 Å². The lowest BCUT2D eigenvalue weighted by molar-refractivity contribution is -0.114. The van der Waals surface area contributed by atoms with Gasteiger partial charge in [-0.1, -0.05) is 0 Å². The Morgan fingerprint density at radius 1 is 1.33 bits per heavy atom. The number of carbonyl (C=O) groups is 1. The second kappa shape index (κ2) is 5.18. The zero-order chi connectivity index (χ0) is 15.5. The molecule has 0 aliphatic heterocycles. The molecule has 18 heavy (non-hydrogen) atoms. The van der Waals surface area contributed by atoms with Gasteiger partial charge in [0.25, 0.3) is 0 Å². The molecule has 0 atom stereocenters. The van der Waals surface area contributed by atoms with E-state index in [0.29, 0.717) is 17.2 Å². The predicted octanol–water partition coefficient (Wildman–Crippen LogP) is 2.41. The second-order valence-corrected chi connectivity index (χ2v) is 3.50. The molecule has 1 aromatic heterocycles. The molecule has 0 fully saturated rings. The van der Waals surface area contributed by atoms with E-state index in [-0.39, 0.29) is 5.82 Å². The van der Waals surface area contributed by atoms with Crippen LogP contribution in [0.2, 0.25) is 0 Å². The lowest BCUT2D eigenvalue weighted by Gasteiger charge is -2.07. The highest BCUT2D eigenvalue weighted by molar-refractivity contribution is 5.87. The molecule has 92 valence electrons. The Hall–Kier alpha value is -2.56. The molecule has 0 unspecified atom stereocenters. The molecule has 1 amide bonds. The minimum atomic E-state index is -2.73. The Morgan fingerprint density at radius 3 is 2.83 bits per heavy atom. The Bertz CT molecular complexity index is 642.